The van der Waals surface area contributed by atoms with Gasteiger partial charge in [0.25, 0.3) is 10.2 Å². The second-order valence-electron chi connectivity index (χ2n) is 4.89. The molecule has 1 saturated heterocycles. The highest BCUT2D eigenvalue weighted by molar-refractivity contribution is 7.86. The summed E-state index contributed by atoms with van der Waals surface area (Å²) in [5, 5.41) is 3.95. The minimum Gasteiger partial charge on any atom is -0.361 e. The smallest absolute Gasteiger partial charge is 0.281 e. The van der Waals surface area contributed by atoms with E-state index in [0.29, 0.717) is 32.7 Å². The first kappa shape index (κ1) is 14.4. The van der Waals surface area contributed by atoms with E-state index in [1.165, 1.54) is 8.61 Å². The standard InChI is InChI=1S/C11H20N4O3S/c1-10-8-11(12-18-10)9-14-4-6-15(7-5-14)19(16,17)13(2)3/h8H,4-7,9H2,1-3H3. The molecule has 1 fully saturated rings. The first-order valence-corrected chi connectivity index (χ1v) is 7.61. The van der Waals surface area contributed by atoms with E-state index >= 15 is 0 Å². The van der Waals surface area contributed by atoms with E-state index < -0.39 is 10.2 Å². The summed E-state index contributed by atoms with van der Waals surface area (Å²) < 4.78 is 31.7. The van der Waals surface area contributed by atoms with E-state index in [1.54, 1.807) is 14.1 Å². The molecule has 1 aromatic rings. The van der Waals surface area contributed by atoms with Crippen molar-refractivity contribution in [3.63, 3.8) is 0 Å². The molecule has 0 N–H and O–H groups in total. The summed E-state index contributed by atoms with van der Waals surface area (Å²) in [5.74, 6) is 0.795. The predicted octanol–water partition coefficient (Wildman–Crippen LogP) is -0.0930. The van der Waals surface area contributed by atoms with Gasteiger partial charge in [0.15, 0.2) is 0 Å². The first-order chi connectivity index (χ1) is 8.89. The summed E-state index contributed by atoms with van der Waals surface area (Å²) in [7, 11) is -0.175. The van der Waals surface area contributed by atoms with Gasteiger partial charge in [0.2, 0.25) is 0 Å². The van der Waals surface area contributed by atoms with Crippen LogP contribution in [0.1, 0.15) is 11.5 Å². The Morgan fingerprint density at radius 1 is 1.32 bits per heavy atom. The summed E-state index contributed by atoms with van der Waals surface area (Å²) >= 11 is 0. The molecule has 0 amide bonds. The molecule has 2 heterocycles. The third kappa shape index (κ3) is 3.33. The molecule has 19 heavy (non-hydrogen) atoms. The highest BCUT2D eigenvalue weighted by Gasteiger charge is 2.28. The Morgan fingerprint density at radius 2 is 1.95 bits per heavy atom. The molecule has 7 nitrogen and oxygen atoms in total. The van der Waals surface area contributed by atoms with Crippen LogP contribution in [0.15, 0.2) is 10.6 Å². The molecule has 0 saturated carbocycles. The zero-order valence-corrected chi connectivity index (χ0v) is 12.4. The molecular weight excluding hydrogens is 268 g/mol. The van der Waals surface area contributed by atoms with Gasteiger partial charge in [-0.05, 0) is 6.92 Å². The second-order valence-corrected chi connectivity index (χ2v) is 7.04. The number of hydrogen-bond donors (Lipinski definition) is 0. The lowest BCUT2D eigenvalue weighted by atomic mass is 10.3. The summed E-state index contributed by atoms with van der Waals surface area (Å²) in [4.78, 5) is 2.18. The number of hydrogen-bond acceptors (Lipinski definition) is 5. The lowest BCUT2D eigenvalue weighted by Gasteiger charge is -2.34. The van der Waals surface area contributed by atoms with E-state index in [-0.39, 0.29) is 0 Å². The van der Waals surface area contributed by atoms with Crippen molar-refractivity contribution >= 4 is 10.2 Å². The largest absolute Gasteiger partial charge is 0.361 e. The van der Waals surface area contributed by atoms with Gasteiger partial charge in [-0.3, -0.25) is 4.90 Å². The van der Waals surface area contributed by atoms with Crippen molar-refractivity contribution in [1.29, 1.82) is 0 Å². The van der Waals surface area contributed by atoms with Gasteiger partial charge in [-0.15, -0.1) is 0 Å². The normalized spacial score (nSPS) is 19.2. The van der Waals surface area contributed by atoms with Crippen LogP contribution < -0.4 is 0 Å². The summed E-state index contributed by atoms with van der Waals surface area (Å²) in [6, 6.07) is 1.91. The minimum atomic E-state index is -3.29. The van der Waals surface area contributed by atoms with Crippen molar-refractivity contribution in [3.05, 3.63) is 17.5 Å². The maximum absolute atomic E-state index is 12.0. The fourth-order valence-corrected chi connectivity index (χ4v) is 3.16. The van der Waals surface area contributed by atoms with Crippen molar-refractivity contribution in [2.24, 2.45) is 0 Å². The van der Waals surface area contributed by atoms with E-state index in [1.807, 2.05) is 13.0 Å². The molecule has 0 aromatic carbocycles. The monoisotopic (exact) mass is 288 g/mol. The van der Waals surface area contributed by atoms with Gasteiger partial charge >= 0.3 is 0 Å². The number of aryl methyl sites for hydroxylation is 1. The third-order valence-corrected chi connectivity index (χ3v) is 5.12. The average molecular weight is 288 g/mol. The van der Waals surface area contributed by atoms with Crippen LogP contribution >= 0.6 is 0 Å². The Labute approximate surface area is 113 Å². The SMILES string of the molecule is Cc1cc(CN2CCN(S(=O)(=O)N(C)C)CC2)no1. The highest BCUT2D eigenvalue weighted by atomic mass is 32.2. The Bertz CT molecular complexity index is 518. The molecular formula is C11H20N4O3S. The van der Waals surface area contributed by atoms with Gasteiger partial charge in [-0.25, -0.2) is 0 Å². The van der Waals surface area contributed by atoms with Crippen LogP contribution in [-0.4, -0.2) is 67.4 Å². The zero-order valence-electron chi connectivity index (χ0n) is 11.5. The summed E-state index contributed by atoms with van der Waals surface area (Å²) in [5.41, 5.74) is 0.890. The molecule has 0 radical (unpaired) electrons. The number of piperazine rings is 1. The van der Waals surface area contributed by atoms with Gasteiger partial charge in [0, 0.05) is 52.9 Å². The zero-order chi connectivity index (χ0) is 14.0. The van der Waals surface area contributed by atoms with E-state index in [2.05, 4.69) is 10.1 Å². The molecule has 0 bridgehead atoms. The number of rotatable bonds is 4. The third-order valence-electron chi connectivity index (χ3n) is 3.18. The van der Waals surface area contributed by atoms with Crippen molar-refractivity contribution < 1.29 is 12.9 Å². The fourth-order valence-electron chi connectivity index (χ4n) is 2.07. The average Bonchev–Trinajstić information content (AvgIpc) is 2.75. The molecule has 108 valence electrons. The molecule has 1 aromatic heterocycles. The van der Waals surface area contributed by atoms with Crippen LogP contribution in [0, 0.1) is 6.92 Å². The summed E-state index contributed by atoms with van der Waals surface area (Å²) in [6.45, 7) is 5.00. The minimum absolute atomic E-state index is 0.511. The molecule has 1 aliphatic rings. The van der Waals surface area contributed by atoms with Gasteiger partial charge in [-0.1, -0.05) is 5.16 Å². The Morgan fingerprint density at radius 3 is 2.42 bits per heavy atom. The maximum Gasteiger partial charge on any atom is 0.281 e. The molecule has 0 unspecified atom stereocenters. The molecule has 0 spiro atoms. The Balaban J connectivity index is 1.89. The van der Waals surface area contributed by atoms with Gasteiger partial charge in [0.05, 0.1) is 5.69 Å². The topological polar surface area (TPSA) is 69.9 Å². The quantitative estimate of drug-likeness (QED) is 0.774. The molecule has 1 aliphatic heterocycles. The van der Waals surface area contributed by atoms with Crippen LogP contribution in [0.5, 0.6) is 0 Å². The van der Waals surface area contributed by atoms with Crippen LogP contribution in [-0.2, 0) is 16.8 Å². The van der Waals surface area contributed by atoms with Gasteiger partial charge in [0.1, 0.15) is 5.76 Å². The van der Waals surface area contributed by atoms with Crippen molar-refractivity contribution in [2.75, 3.05) is 40.3 Å². The Hall–Kier alpha value is -0.960. The molecule has 0 aliphatic carbocycles. The van der Waals surface area contributed by atoms with E-state index in [9.17, 15) is 8.42 Å². The van der Waals surface area contributed by atoms with Crippen molar-refractivity contribution in [2.45, 2.75) is 13.5 Å². The van der Waals surface area contributed by atoms with Gasteiger partial charge < -0.3 is 4.52 Å². The number of aromatic nitrogens is 1. The Kier molecular flexibility index (Phi) is 4.24. The van der Waals surface area contributed by atoms with Crippen molar-refractivity contribution in [1.82, 2.24) is 18.7 Å². The van der Waals surface area contributed by atoms with Crippen LogP contribution in [0.3, 0.4) is 0 Å². The van der Waals surface area contributed by atoms with Crippen LogP contribution in [0.2, 0.25) is 0 Å². The number of nitrogens with zero attached hydrogens (tertiary/aromatic N) is 4. The molecule has 2 rings (SSSR count). The van der Waals surface area contributed by atoms with Crippen molar-refractivity contribution in [3.8, 4) is 0 Å². The van der Waals surface area contributed by atoms with Gasteiger partial charge in [-0.2, -0.15) is 17.0 Å². The highest BCUT2D eigenvalue weighted by Crippen LogP contribution is 2.12. The van der Waals surface area contributed by atoms with E-state index in [0.717, 1.165) is 11.5 Å². The lowest BCUT2D eigenvalue weighted by molar-refractivity contribution is 0.173. The molecule has 0 atom stereocenters. The fraction of sp³-hybridized carbons (Fsp3) is 0.727. The van der Waals surface area contributed by atoms with Crippen LogP contribution in [0.25, 0.3) is 0 Å². The molecule has 8 heteroatoms. The van der Waals surface area contributed by atoms with E-state index in [4.69, 9.17) is 4.52 Å². The lowest BCUT2D eigenvalue weighted by Crippen LogP contribution is -2.51. The maximum atomic E-state index is 12.0. The first-order valence-electron chi connectivity index (χ1n) is 6.22. The van der Waals surface area contributed by atoms with Crippen LogP contribution in [0.4, 0.5) is 0 Å². The summed E-state index contributed by atoms with van der Waals surface area (Å²) in [6.07, 6.45) is 0. The predicted molar refractivity (Wildman–Crippen MR) is 70.7 cm³/mol. The second kappa shape index (κ2) is 5.58.